The second kappa shape index (κ2) is 7.17. The van der Waals surface area contributed by atoms with E-state index in [1.807, 2.05) is 41.8 Å². The van der Waals surface area contributed by atoms with Crippen LogP contribution in [0.4, 0.5) is 0 Å². The molecule has 144 valence electrons. The predicted octanol–water partition coefficient (Wildman–Crippen LogP) is 3.29. The second-order valence-electron chi connectivity index (χ2n) is 6.65. The van der Waals surface area contributed by atoms with Crippen LogP contribution >= 0.6 is 11.5 Å². The van der Waals surface area contributed by atoms with Crippen molar-refractivity contribution < 1.29 is 4.74 Å². The van der Waals surface area contributed by atoms with Gasteiger partial charge < -0.3 is 4.74 Å². The van der Waals surface area contributed by atoms with Crippen molar-refractivity contribution in [3.8, 4) is 16.3 Å². The van der Waals surface area contributed by atoms with E-state index in [-0.39, 0.29) is 0 Å². The largest absolute Gasteiger partial charge is 0.495 e. The van der Waals surface area contributed by atoms with Gasteiger partial charge in [0.2, 0.25) is 0 Å². The Hall–Kier alpha value is -3.46. The van der Waals surface area contributed by atoms with E-state index >= 15 is 0 Å². The van der Waals surface area contributed by atoms with E-state index in [1.165, 1.54) is 11.5 Å². The number of nitrogens with zero attached hydrogens (tertiary/aromatic N) is 7. The standard InChI is InChI=1S/C20H17N7OS/c1-12-9-17(29-26-12)15-4-6-19-24-23-18(27(19)25-15)5-3-13-7-8-21-16-10-14(28-2)11-22-20(13)16/h4,6-11H,3,5H2,1-2H3. The molecule has 0 fully saturated rings. The van der Waals surface area contributed by atoms with Crippen molar-refractivity contribution in [2.45, 2.75) is 19.8 Å². The molecule has 0 N–H and O–H groups in total. The summed E-state index contributed by atoms with van der Waals surface area (Å²) in [5.74, 6) is 1.50. The Bertz CT molecular complexity index is 1330. The lowest BCUT2D eigenvalue weighted by molar-refractivity contribution is 0.413. The van der Waals surface area contributed by atoms with Crippen LogP contribution in [0.2, 0.25) is 0 Å². The highest BCUT2D eigenvalue weighted by Crippen LogP contribution is 2.23. The first kappa shape index (κ1) is 17.6. The Morgan fingerprint density at radius 2 is 2.00 bits per heavy atom. The number of methoxy groups -OCH3 is 1. The smallest absolute Gasteiger partial charge is 0.177 e. The highest BCUT2D eigenvalue weighted by atomic mass is 32.1. The predicted molar refractivity (Wildman–Crippen MR) is 110 cm³/mol. The number of pyridine rings is 2. The van der Waals surface area contributed by atoms with Crippen LogP contribution in [-0.2, 0) is 12.8 Å². The highest BCUT2D eigenvalue weighted by Gasteiger charge is 2.12. The molecular formula is C20H17N7OS. The van der Waals surface area contributed by atoms with Gasteiger partial charge in [0.1, 0.15) is 11.4 Å². The van der Waals surface area contributed by atoms with Gasteiger partial charge in [-0.15, -0.1) is 10.2 Å². The molecule has 0 amide bonds. The molecule has 0 bridgehead atoms. The summed E-state index contributed by atoms with van der Waals surface area (Å²) in [6.07, 6.45) is 4.95. The first-order valence-corrected chi connectivity index (χ1v) is 9.91. The third kappa shape index (κ3) is 3.29. The molecule has 9 heteroatoms. The molecule has 0 unspecified atom stereocenters. The molecule has 0 atom stereocenters. The van der Waals surface area contributed by atoms with Crippen LogP contribution in [-0.4, -0.2) is 41.3 Å². The van der Waals surface area contributed by atoms with Crippen LogP contribution in [0.3, 0.4) is 0 Å². The molecule has 0 saturated heterocycles. The second-order valence-corrected chi connectivity index (χ2v) is 7.46. The zero-order valence-electron chi connectivity index (χ0n) is 15.9. The summed E-state index contributed by atoms with van der Waals surface area (Å²) >= 11 is 1.44. The van der Waals surface area contributed by atoms with E-state index in [0.29, 0.717) is 12.2 Å². The van der Waals surface area contributed by atoms with Crippen molar-refractivity contribution in [3.05, 3.63) is 59.8 Å². The van der Waals surface area contributed by atoms with E-state index in [4.69, 9.17) is 9.84 Å². The Labute approximate surface area is 170 Å². The highest BCUT2D eigenvalue weighted by molar-refractivity contribution is 7.09. The summed E-state index contributed by atoms with van der Waals surface area (Å²) in [7, 11) is 1.62. The molecule has 0 spiro atoms. The lowest BCUT2D eigenvalue weighted by atomic mass is 10.1. The molecule has 0 saturated carbocycles. The molecule has 0 aliphatic carbocycles. The van der Waals surface area contributed by atoms with E-state index in [9.17, 15) is 0 Å². The maximum Gasteiger partial charge on any atom is 0.177 e. The van der Waals surface area contributed by atoms with Gasteiger partial charge in [-0.05, 0) is 54.7 Å². The zero-order valence-corrected chi connectivity index (χ0v) is 16.7. The lowest BCUT2D eigenvalue weighted by Gasteiger charge is -2.06. The van der Waals surface area contributed by atoms with Gasteiger partial charge in [-0.2, -0.15) is 14.0 Å². The number of aromatic nitrogens is 7. The van der Waals surface area contributed by atoms with Crippen LogP contribution in [0.25, 0.3) is 27.3 Å². The van der Waals surface area contributed by atoms with E-state index < -0.39 is 0 Å². The summed E-state index contributed by atoms with van der Waals surface area (Å²) in [5.41, 5.74) is 5.37. The summed E-state index contributed by atoms with van der Waals surface area (Å²) in [4.78, 5) is 9.95. The van der Waals surface area contributed by atoms with Crippen molar-refractivity contribution in [3.63, 3.8) is 0 Å². The minimum atomic E-state index is 0.687. The number of fused-ring (bicyclic) bond motifs is 2. The van der Waals surface area contributed by atoms with Gasteiger partial charge in [-0.3, -0.25) is 9.97 Å². The number of aryl methyl sites for hydroxylation is 3. The first-order valence-electron chi connectivity index (χ1n) is 9.14. The molecule has 0 radical (unpaired) electrons. The van der Waals surface area contributed by atoms with Crippen LogP contribution in [0.15, 0.2) is 42.7 Å². The van der Waals surface area contributed by atoms with Crippen molar-refractivity contribution in [1.29, 1.82) is 0 Å². The lowest BCUT2D eigenvalue weighted by Crippen LogP contribution is -2.03. The minimum Gasteiger partial charge on any atom is -0.495 e. The van der Waals surface area contributed by atoms with Gasteiger partial charge in [0.25, 0.3) is 0 Å². The van der Waals surface area contributed by atoms with Crippen molar-refractivity contribution in [2.75, 3.05) is 7.11 Å². The first-order chi connectivity index (χ1) is 14.2. The van der Waals surface area contributed by atoms with Gasteiger partial charge in [0, 0.05) is 18.7 Å². The van der Waals surface area contributed by atoms with Gasteiger partial charge in [-0.1, -0.05) is 0 Å². The fraction of sp³-hybridized carbons (Fsp3) is 0.200. The molecule has 0 aliphatic rings. The Kier molecular flexibility index (Phi) is 4.36. The molecule has 5 heterocycles. The maximum absolute atomic E-state index is 5.24. The van der Waals surface area contributed by atoms with Crippen molar-refractivity contribution in [2.24, 2.45) is 0 Å². The van der Waals surface area contributed by atoms with Gasteiger partial charge in [0.15, 0.2) is 11.5 Å². The minimum absolute atomic E-state index is 0.687. The summed E-state index contributed by atoms with van der Waals surface area (Å²) in [5, 5.41) is 13.3. The molecule has 29 heavy (non-hydrogen) atoms. The van der Waals surface area contributed by atoms with Crippen LogP contribution < -0.4 is 4.74 Å². The number of ether oxygens (including phenoxy) is 1. The van der Waals surface area contributed by atoms with Crippen LogP contribution in [0.1, 0.15) is 17.1 Å². The summed E-state index contributed by atoms with van der Waals surface area (Å²) in [6, 6.07) is 9.80. The van der Waals surface area contributed by atoms with Crippen LogP contribution in [0.5, 0.6) is 5.75 Å². The fourth-order valence-corrected chi connectivity index (χ4v) is 3.95. The van der Waals surface area contributed by atoms with Crippen LogP contribution in [0, 0.1) is 6.92 Å². The van der Waals surface area contributed by atoms with Gasteiger partial charge in [0.05, 0.1) is 34.9 Å². The monoisotopic (exact) mass is 403 g/mol. The van der Waals surface area contributed by atoms with Gasteiger partial charge >= 0.3 is 0 Å². The van der Waals surface area contributed by atoms with Crippen molar-refractivity contribution in [1.82, 2.24) is 34.2 Å². The Morgan fingerprint density at radius 3 is 2.83 bits per heavy atom. The molecular weight excluding hydrogens is 386 g/mol. The third-order valence-electron chi connectivity index (χ3n) is 4.70. The van der Waals surface area contributed by atoms with Gasteiger partial charge in [-0.25, -0.2) is 0 Å². The average Bonchev–Trinajstić information content (AvgIpc) is 3.37. The quantitative estimate of drug-likeness (QED) is 0.445. The molecule has 5 aromatic rings. The molecule has 5 aromatic heterocycles. The molecule has 8 nitrogen and oxygen atoms in total. The number of hydrogen-bond acceptors (Lipinski definition) is 8. The maximum atomic E-state index is 5.24. The van der Waals surface area contributed by atoms with E-state index in [0.717, 1.165) is 50.8 Å². The average molecular weight is 403 g/mol. The van der Waals surface area contributed by atoms with Crippen molar-refractivity contribution >= 4 is 28.2 Å². The zero-order chi connectivity index (χ0) is 19.8. The third-order valence-corrected chi connectivity index (χ3v) is 5.60. The SMILES string of the molecule is COc1cnc2c(CCc3nnc4ccc(-c5cc(C)ns5)nn34)ccnc2c1. The fourth-order valence-electron chi connectivity index (χ4n) is 3.23. The summed E-state index contributed by atoms with van der Waals surface area (Å²) < 4.78 is 11.4. The van der Waals surface area contributed by atoms with E-state index in [1.54, 1.807) is 19.5 Å². The Balaban J connectivity index is 1.46. The molecule has 5 rings (SSSR count). The molecule has 0 aliphatic heterocycles. The van der Waals surface area contributed by atoms with E-state index in [2.05, 4.69) is 24.5 Å². The number of hydrogen-bond donors (Lipinski definition) is 0. The summed E-state index contributed by atoms with van der Waals surface area (Å²) in [6.45, 7) is 1.98. The Morgan fingerprint density at radius 1 is 1.07 bits per heavy atom. The number of rotatable bonds is 5. The topological polar surface area (TPSA) is 91.0 Å². The molecule has 0 aromatic carbocycles. The normalized spacial score (nSPS) is 11.4.